The van der Waals surface area contributed by atoms with Crippen LogP contribution in [0.5, 0.6) is 5.75 Å². The number of anilines is 1. The van der Waals surface area contributed by atoms with Crippen LogP contribution >= 0.6 is 15.9 Å². The van der Waals surface area contributed by atoms with Gasteiger partial charge in [-0.3, -0.25) is 0 Å². The number of fused-ring (bicyclic) bond motifs is 1. The number of hydrogen-bond donors (Lipinski definition) is 1. The Hall–Kier alpha value is -2.01. The van der Waals surface area contributed by atoms with Crippen molar-refractivity contribution < 1.29 is 9.15 Å². The molecule has 4 nitrogen and oxygen atoms in total. The fourth-order valence-corrected chi connectivity index (χ4v) is 2.18. The molecule has 1 heterocycles. The Balaban J connectivity index is 1.83. The number of rotatable bonds is 3. The lowest BCUT2D eigenvalue weighted by Gasteiger charge is -2.04. The summed E-state index contributed by atoms with van der Waals surface area (Å²) in [6.07, 6.45) is 0. The molecule has 2 N–H and O–H groups in total. The summed E-state index contributed by atoms with van der Waals surface area (Å²) in [4.78, 5) is 4.33. The highest BCUT2D eigenvalue weighted by Crippen LogP contribution is 2.26. The van der Waals surface area contributed by atoms with Crippen LogP contribution in [-0.2, 0) is 6.61 Å². The fourth-order valence-electron chi connectivity index (χ4n) is 1.78. The molecule has 96 valence electrons. The molecule has 0 atom stereocenters. The zero-order chi connectivity index (χ0) is 13.2. The van der Waals surface area contributed by atoms with Gasteiger partial charge in [-0.05, 0) is 40.2 Å². The molecule has 0 bridgehead atoms. The number of ether oxygens (including phenoxy) is 1. The largest absolute Gasteiger partial charge is 0.483 e. The van der Waals surface area contributed by atoms with Crippen molar-refractivity contribution in [2.24, 2.45) is 0 Å². The highest BCUT2D eigenvalue weighted by molar-refractivity contribution is 9.10. The average molecular weight is 319 g/mol. The Morgan fingerprint density at radius 3 is 2.79 bits per heavy atom. The summed E-state index contributed by atoms with van der Waals surface area (Å²) in [5.74, 6) is 1.25. The van der Waals surface area contributed by atoms with E-state index < -0.39 is 0 Å². The van der Waals surface area contributed by atoms with Gasteiger partial charge >= 0.3 is 0 Å². The van der Waals surface area contributed by atoms with E-state index in [1.165, 1.54) is 0 Å². The zero-order valence-corrected chi connectivity index (χ0v) is 11.6. The van der Waals surface area contributed by atoms with Crippen LogP contribution in [0.4, 0.5) is 5.69 Å². The maximum atomic E-state index is 5.83. The van der Waals surface area contributed by atoms with Crippen LogP contribution in [0.15, 0.2) is 51.4 Å². The van der Waals surface area contributed by atoms with Crippen LogP contribution in [0.3, 0.4) is 0 Å². The maximum absolute atomic E-state index is 5.83. The first-order chi connectivity index (χ1) is 9.24. The van der Waals surface area contributed by atoms with Crippen molar-refractivity contribution in [3.8, 4) is 5.75 Å². The maximum Gasteiger partial charge on any atom is 0.233 e. The lowest BCUT2D eigenvalue weighted by Crippen LogP contribution is -1.96. The second-order valence-electron chi connectivity index (χ2n) is 4.02. The molecule has 0 aliphatic heterocycles. The van der Waals surface area contributed by atoms with Gasteiger partial charge in [-0.25, -0.2) is 4.98 Å². The van der Waals surface area contributed by atoms with Crippen LogP contribution < -0.4 is 10.5 Å². The summed E-state index contributed by atoms with van der Waals surface area (Å²) in [6, 6.07) is 13.1. The Morgan fingerprint density at radius 1 is 1.16 bits per heavy atom. The molecule has 2 aromatic carbocycles. The van der Waals surface area contributed by atoms with E-state index in [1.807, 2.05) is 36.4 Å². The van der Waals surface area contributed by atoms with E-state index in [4.69, 9.17) is 14.9 Å². The first-order valence-electron chi connectivity index (χ1n) is 5.75. The quantitative estimate of drug-likeness (QED) is 0.747. The normalized spacial score (nSPS) is 10.8. The molecule has 1 aromatic heterocycles. The van der Waals surface area contributed by atoms with Crippen molar-refractivity contribution in [3.05, 3.63) is 52.8 Å². The number of hydrogen-bond acceptors (Lipinski definition) is 4. The van der Waals surface area contributed by atoms with Gasteiger partial charge in [-0.2, -0.15) is 0 Å². The minimum atomic E-state index is 0.261. The van der Waals surface area contributed by atoms with Gasteiger partial charge in [-0.15, -0.1) is 0 Å². The van der Waals surface area contributed by atoms with Gasteiger partial charge in [0.1, 0.15) is 11.3 Å². The summed E-state index contributed by atoms with van der Waals surface area (Å²) in [5.41, 5.74) is 7.78. The molecular weight excluding hydrogens is 308 g/mol. The Kier molecular flexibility index (Phi) is 3.13. The highest BCUT2D eigenvalue weighted by Gasteiger charge is 2.09. The van der Waals surface area contributed by atoms with Crippen molar-refractivity contribution in [3.63, 3.8) is 0 Å². The van der Waals surface area contributed by atoms with Crippen LogP contribution in [-0.4, -0.2) is 4.98 Å². The molecule has 0 spiro atoms. The van der Waals surface area contributed by atoms with E-state index in [2.05, 4.69) is 20.9 Å². The number of benzene rings is 2. The average Bonchev–Trinajstić information content (AvgIpc) is 2.82. The van der Waals surface area contributed by atoms with E-state index in [0.717, 1.165) is 10.2 Å². The second kappa shape index (κ2) is 4.93. The van der Waals surface area contributed by atoms with Gasteiger partial charge in [0, 0.05) is 0 Å². The summed E-state index contributed by atoms with van der Waals surface area (Å²) in [6.45, 7) is 0.261. The van der Waals surface area contributed by atoms with Gasteiger partial charge in [0.15, 0.2) is 12.2 Å². The van der Waals surface area contributed by atoms with Crippen LogP contribution in [0, 0.1) is 0 Å². The van der Waals surface area contributed by atoms with Gasteiger partial charge in [-0.1, -0.05) is 18.2 Å². The van der Waals surface area contributed by atoms with E-state index in [9.17, 15) is 0 Å². The number of nitrogen functional groups attached to an aromatic ring is 1. The van der Waals surface area contributed by atoms with E-state index in [0.29, 0.717) is 22.7 Å². The van der Waals surface area contributed by atoms with Gasteiger partial charge in [0.25, 0.3) is 0 Å². The fraction of sp³-hybridized carbons (Fsp3) is 0.0714. The van der Waals surface area contributed by atoms with Crippen LogP contribution in [0.1, 0.15) is 5.89 Å². The Labute approximate surface area is 118 Å². The third kappa shape index (κ3) is 2.42. The number of oxazole rings is 1. The number of nitrogens with two attached hydrogens (primary N) is 1. The zero-order valence-electron chi connectivity index (χ0n) is 9.97. The summed E-state index contributed by atoms with van der Waals surface area (Å²) in [5, 5.41) is 0. The predicted octanol–water partition coefficient (Wildman–Crippen LogP) is 3.75. The second-order valence-corrected chi connectivity index (χ2v) is 4.88. The van der Waals surface area contributed by atoms with Gasteiger partial charge in [0.2, 0.25) is 5.89 Å². The van der Waals surface area contributed by atoms with Crippen molar-refractivity contribution in [1.82, 2.24) is 4.98 Å². The number of para-hydroxylation sites is 2. The van der Waals surface area contributed by atoms with Gasteiger partial charge in [0.05, 0.1) is 10.2 Å². The van der Waals surface area contributed by atoms with E-state index in [-0.39, 0.29) is 6.61 Å². The van der Waals surface area contributed by atoms with Crippen LogP contribution in [0.25, 0.3) is 11.1 Å². The first-order valence-corrected chi connectivity index (χ1v) is 6.54. The molecule has 0 radical (unpaired) electrons. The van der Waals surface area contributed by atoms with Crippen LogP contribution in [0.2, 0.25) is 0 Å². The molecule has 3 aromatic rings. The van der Waals surface area contributed by atoms with E-state index >= 15 is 0 Å². The molecule has 19 heavy (non-hydrogen) atoms. The molecule has 0 amide bonds. The third-order valence-corrected chi connectivity index (χ3v) is 3.34. The molecule has 3 rings (SSSR count). The SMILES string of the molecule is Nc1cccc2oc(COc3ccccc3Br)nc12. The molecule has 0 saturated carbocycles. The Bertz CT molecular complexity index is 724. The van der Waals surface area contributed by atoms with Crippen molar-refractivity contribution in [1.29, 1.82) is 0 Å². The number of nitrogens with zero attached hydrogens (tertiary/aromatic N) is 1. The minimum absolute atomic E-state index is 0.261. The number of halogens is 1. The third-order valence-electron chi connectivity index (χ3n) is 2.68. The van der Waals surface area contributed by atoms with Crippen molar-refractivity contribution in [2.75, 3.05) is 5.73 Å². The molecule has 5 heteroatoms. The molecule has 0 saturated heterocycles. The lowest BCUT2D eigenvalue weighted by molar-refractivity contribution is 0.265. The highest BCUT2D eigenvalue weighted by atomic mass is 79.9. The predicted molar refractivity (Wildman–Crippen MR) is 76.9 cm³/mol. The lowest BCUT2D eigenvalue weighted by atomic mass is 10.3. The summed E-state index contributed by atoms with van der Waals surface area (Å²) >= 11 is 3.42. The van der Waals surface area contributed by atoms with E-state index in [1.54, 1.807) is 6.07 Å². The van der Waals surface area contributed by atoms with Crippen molar-refractivity contribution >= 4 is 32.7 Å². The number of aromatic nitrogens is 1. The molecule has 0 aliphatic carbocycles. The summed E-state index contributed by atoms with van der Waals surface area (Å²) < 4.78 is 12.1. The molecule has 0 unspecified atom stereocenters. The summed E-state index contributed by atoms with van der Waals surface area (Å²) in [7, 11) is 0. The molecule has 0 fully saturated rings. The monoisotopic (exact) mass is 318 g/mol. The Morgan fingerprint density at radius 2 is 2.00 bits per heavy atom. The molecule has 0 aliphatic rings. The minimum Gasteiger partial charge on any atom is -0.483 e. The smallest absolute Gasteiger partial charge is 0.233 e. The standard InChI is InChI=1S/C14H11BrN2O2/c15-9-4-1-2-6-11(9)18-8-13-17-14-10(16)5-3-7-12(14)19-13/h1-7H,8,16H2. The molecular formula is C14H11BrN2O2. The van der Waals surface area contributed by atoms with Gasteiger partial charge < -0.3 is 14.9 Å². The first kappa shape index (κ1) is 12.0. The van der Waals surface area contributed by atoms with Crippen molar-refractivity contribution in [2.45, 2.75) is 6.61 Å². The topological polar surface area (TPSA) is 61.3 Å².